The summed E-state index contributed by atoms with van der Waals surface area (Å²) >= 11 is 0. The van der Waals surface area contributed by atoms with E-state index in [1.165, 1.54) is 0 Å². The average Bonchev–Trinajstić information content (AvgIpc) is 2.53. The van der Waals surface area contributed by atoms with Crippen LogP contribution in [0, 0.1) is 0 Å². The van der Waals surface area contributed by atoms with Crippen LogP contribution in [0.4, 0.5) is 0 Å². The van der Waals surface area contributed by atoms with E-state index in [2.05, 4.69) is 6.92 Å². The second-order valence-corrected chi connectivity index (χ2v) is 5.11. The van der Waals surface area contributed by atoms with Crippen molar-refractivity contribution in [3.05, 3.63) is 64.7 Å². The standard InChI is InChI=1S/C18H18O2/c1-2-13-6-3-4-8-16(13)18(19)15-9-10-17-14(12-15)7-5-11-20-17/h3-4,6,8-10,12H,2,5,7,11H2,1H3. The smallest absolute Gasteiger partial charge is 0.193 e. The van der Waals surface area contributed by atoms with E-state index < -0.39 is 0 Å². The largest absolute Gasteiger partial charge is 0.493 e. The van der Waals surface area contributed by atoms with Crippen molar-refractivity contribution in [1.82, 2.24) is 0 Å². The fraction of sp³-hybridized carbons (Fsp3) is 0.278. The molecule has 0 bridgehead atoms. The van der Waals surface area contributed by atoms with Crippen molar-refractivity contribution in [3.63, 3.8) is 0 Å². The highest BCUT2D eigenvalue weighted by Gasteiger charge is 2.16. The lowest BCUT2D eigenvalue weighted by molar-refractivity contribution is 0.103. The number of hydrogen-bond acceptors (Lipinski definition) is 2. The maximum atomic E-state index is 12.7. The first kappa shape index (κ1) is 12.9. The van der Waals surface area contributed by atoms with Gasteiger partial charge in [-0.2, -0.15) is 0 Å². The van der Waals surface area contributed by atoms with Crippen LogP contribution in [0.5, 0.6) is 5.75 Å². The lowest BCUT2D eigenvalue weighted by atomic mass is 9.94. The minimum Gasteiger partial charge on any atom is -0.493 e. The molecule has 0 amide bonds. The molecule has 1 heterocycles. The Morgan fingerprint density at radius 2 is 2.05 bits per heavy atom. The molecule has 1 aliphatic rings. The van der Waals surface area contributed by atoms with E-state index in [9.17, 15) is 4.79 Å². The Morgan fingerprint density at radius 3 is 2.90 bits per heavy atom. The van der Waals surface area contributed by atoms with Gasteiger partial charge in [-0.15, -0.1) is 0 Å². The molecule has 3 rings (SSSR count). The van der Waals surface area contributed by atoms with Gasteiger partial charge >= 0.3 is 0 Å². The quantitative estimate of drug-likeness (QED) is 0.790. The van der Waals surface area contributed by atoms with Crippen LogP contribution in [0.1, 0.15) is 40.4 Å². The number of ketones is 1. The van der Waals surface area contributed by atoms with Gasteiger partial charge in [0.2, 0.25) is 0 Å². The second kappa shape index (κ2) is 5.49. The summed E-state index contributed by atoms with van der Waals surface area (Å²) < 4.78 is 5.60. The fourth-order valence-corrected chi connectivity index (χ4v) is 2.71. The molecule has 0 spiro atoms. The maximum absolute atomic E-state index is 12.7. The molecule has 0 unspecified atom stereocenters. The van der Waals surface area contributed by atoms with Crippen LogP contribution in [-0.2, 0) is 12.8 Å². The molecule has 0 aromatic heterocycles. The highest BCUT2D eigenvalue weighted by molar-refractivity contribution is 6.10. The predicted octanol–water partition coefficient (Wildman–Crippen LogP) is 3.81. The van der Waals surface area contributed by atoms with Crippen molar-refractivity contribution < 1.29 is 9.53 Å². The average molecular weight is 266 g/mol. The number of carbonyl (C=O) groups is 1. The zero-order valence-electron chi connectivity index (χ0n) is 11.7. The van der Waals surface area contributed by atoms with E-state index >= 15 is 0 Å². The molecule has 0 aliphatic carbocycles. The Bertz CT molecular complexity index is 644. The molecule has 2 aromatic rings. The highest BCUT2D eigenvalue weighted by atomic mass is 16.5. The summed E-state index contributed by atoms with van der Waals surface area (Å²) in [7, 11) is 0. The molecule has 0 saturated carbocycles. The van der Waals surface area contributed by atoms with Gasteiger partial charge in [0.15, 0.2) is 5.78 Å². The van der Waals surface area contributed by atoms with Crippen molar-refractivity contribution in [2.24, 2.45) is 0 Å². The SMILES string of the molecule is CCc1ccccc1C(=O)c1ccc2c(c1)CCCO2. The van der Waals surface area contributed by atoms with Crippen molar-refractivity contribution in [3.8, 4) is 5.75 Å². The molecule has 0 fully saturated rings. The summed E-state index contributed by atoms with van der Waals surface area (Å²) in [5, 5.41) is 0. The van der Waals surface area contributed by atoms with E-state index in [1.807, 2.05) is 42.5 Å². The first-order valence-corrected chi connectivity index (χ1v) is 7.18. The number of hydrogen-bond donors (Lipinski definition) is 0. The zero-order valence-corrected chi connectivity index (χ0v) is 11.7. The topological polar surface area (TPSA) is 26.3 Å². The van der Waals surface area contributed by atoms with Gasteiger partial charge in [-0.05, 0) is 48.6 Å². The summed E-state index contributed by atoms with van der Waals surface area (Å²) in [5.41, 5.74) is 3.82. The van der Waals surface area contributed by atoms with Crippen molar-refractivity contribution in [2.45, 2.75) is 26.2 Å². The van der Waals surface area contributed by atoms with E-state index in [1.54, 1.807) is 0 Å². The number of rotatable bonds is 3. The summed E-state index contributed by atoms with van der Waals surface area (Å²) in [4.78, 5) is 12.7. The third-order valence-corrected chi connectivity index (χ3v) is 3.81. The van der Waals surface area contributed by atoms with Crippen LogP contribution in [0.2, 0.25) is 0 Å². The molecule has 0 N–H and O–H groups in total. The molecule has 0 radical (unpaired) electrons. The monoisotopic (exact) mass is 266 g/mol. The summed E-state index contributed by atoms with van der Waals surface area (Å²) in [6, 6.07) is 13.6. The summed E-state index contributed by atoms with van der Waals surface area (Å²) in [6.45, 7) is 2.85. The van der Waals surface area contributed by atoms with Crippen LogP contribution < -0.4 is 4.74 Å². The highest BCUT2D eigenvalue weighted by Crippen LogP contribution is 2.27. The molecule has 20 heavy (non-hydrogen) atoms. The van der Waals surface area contributed by atoms with Crippen LogP contribution >= 0.6 is 0 Å². The van der Waals surface area contributed by atoms with E-state index in [0.29, 0.717) is 0 Å². The van der Waals surface area contributed by atoms with Gasteiger partial charge in [0.1, 0.15) is 5.75 Å². The van der Waals surface area contributed by atoms with Gasteiger partial charge in [0.25, 0.3) is 0 Å². The van der Waals surface area contributed by atoms with Crippen LogP contribution in [0.3, 0.4) is 0 Å². The Kier molecular flexibility index (Phi) is 3.55. The molecule has 1 aliphatic heterocycles. The Hall–Kier alpha value is -2.09. The Morgan fingerprint density at radius 1 is 1.20 bits per heavy atom. The zero-order chi connectivity index (χ0) is 13.9. The van der Waals surface area contributed by atoms with Crippen molar-refractivity contribution in [1.29, 1.82) is 0 Å². The molecule has 2 heteroatoms. The molecule has 0 saturated heterocycles. The van der Waals surface area contributed by atoms with Crippen LogP contribution in [0.15, 0.2) is 42.5 Å². The first-order valence-electron chi connectivity index (χ1n) is 7.18. The minimum atomic E-state index is 0.107. The van der Waals surface area contributed by atoms with Gasteiger partial charge in [0, 0.05) is 11.1 Å². The number of ether oxygens (including phenoxy) is 1. The van der Waals surface area contributed by atoms with E-state index in [4.69, 9.17) is 4.74 Å². The lowest BCUT2D eigenvalue weighted by Gasteiger charge is -2.17. The maximum Gasteiger partial charge on any atom is 0.193 e. The van der Waals surface area contributed by atoms with Gasteiger partial charge in [-0.1, -0.05) is 31.2 Å². The minimum absolute atomic E-state index is 0.107. The number of aryl methyl sites for hydroxylation is 2. The third-order valence-electron chi connectivity index (χ3n) is 3.81. The lowest BCUT2D eigenvalue weighted by Crippen LogP contribution is -2.11. The van der Waals surface area contributed by atoms with Crippen LogP contribution in [-0.4, -0.2) is 12.4 Å². The van der Waals surface area contributed by atoms with E-state index in [-0.39, 0.29) is 5.78 Å². The van der Waals surface area contributed by atoms with Gasteiger partial charge in [0.05, 0.1) is 6.61 Å². The summed E-state index contributed by atoms with van der Waals surface area (Å²) in [6.07, 6.45) is 2.89. The normalized spacial score (nSPS) is 13.4. The number of carbonyl (C=O) groups excluding carboxylic acids is 1. The molecular weight excluding hydrogens is 248 g/mol. The Balaban J connectivity index is 1.98. The van der Waals surface area contributed by atoms with Gasteiger partial charge < -0.3 is 4.74 Å². The molecule has 2 nitrogen and oxygen atoms in total. The van der Waals surface area contributed by atoms with Crippen LogP contribution in [0.25, 0.3) is 0 Å². The molecule has 0 atom stereocenters. The predicted molar refractivity (Wildman–Crippen MR) is 79.5 cm³/mol. The van der Waals surface area contributed by atoms with Gasteiger partial charge in [-0.25, -0.2) is 0 Å². The first-order chi connectivity index (χ1) is 9.79. The number of fused-ring (bicyclic) bond motifs is 1. The Labute approximate surface area is 119 Å². The molecule has 2 aromatic carbocycles. The van der Waals surface area contributed by atoms with Gasteiger partial charge in [-0.3, -0.25) is 4.79 Å². The van der Waals surface area contributed by atoms with Crippen molar-refractivity contribution in [2.75, 3.05) is 6.61 Å². The number of benzene rings is 2. The third kappa shape index (κ3) is 2.34. The summed E-state index contributed by atoms with van der Waals surface area (Å²) in [5.74, 6) is 1.03. The molecular formula is C18H18O2. The molecule has 102 valence electrons. The van der Waals surface area contributed by atoms with Crippen molar-refractivity contribution >= 4 is 5.78 Å². The second-order valence-electron chi connectivity index (χ2n) is 5.11. The van der Waals surface area contributed by atoms with E-state index in [0.717, 1.165) is 53.9 Å². The fourth-order valence-electron chi connectivity index (χ4n) is 2.71.